The van der Waals surface area contributed by atoms with Crippen molar-refractivity contribution in [1.29, 1.82) is 5.26 Å². The minimum atomic E-state index is -0.319. The first-order chi connectivity index (χ1) is 10.2. The summed E-state index contributed by atoms with van der Waals surface area (Å²) in [4.78, 5) is 16.3. The van der Waals surface area contributed by atoms with Gasteiger partial charge in [-0.25, -0.2) is 0 Å². The van der Waals surface area contributed by atoms with Gasteiger partial charge in [0.2, 0.25) is 0 Å². The van der Waals surface area contributed by atoms with Crippen molar-refractivity contribution in [2.24, 2.45) is 0 Å². The fraction of sp³-hybridized carbons (Fsp3) is 0.375. The van der Waals surface area contributed by atoms with E-state index < -0.39 is 0 Å². The number of nitriles is 1. The lowest BCUT2D eigenvalue weighted by atomic mass is 10.2. The first kappa shape index (κ1) is 15.1. The van der Waals surface area contributed by atoms with Crippen LogP contribution >= 0.6 is 0 Å². The maximum atomic E-state index is 12.0. The quantitative estimate of drug-likeness (QED) is 0.661. The number of rotatable bonds is 4. The SMILES string of the molecule is CN1CCN(C=C(C#N)C(=O)NCc2ccccc2)CC1. The van der Waals surface area contributed by atoms with E-state index in [9.17, 15) is 4.79 Å². The topological polar surface area (TPSA) is 59.4 Å². The third kappa shape index (κ3) is 4.62. The molecule has 0 aliphatic carbocycles. The van der Waals surface area contributed by atoms with Gasteiger partial charge >= 0.3 is 0 Å². The molecule has 0 radical (unpaired) electrons. The smallest absolute Gasteiger partial charge is 0.263 e. The Bertz CT molecular complexity index is 539. The number of hydrogen-bond acceptors (Lipinski definition) is 4. The van der Waals surface area contributed by atoms with Crippen molar-refractivity contribution in [3.8, 4) is 6.07 Å². The number of nitrogens with one attached hydrogen (secondary N) is 1. The summed E-state index contributed by atoms with van der Waals surface area (Å²) in [7, 11) is 2.07. The highest BCUT2D eigenvalue weighted by Gasteiger charge is 2.14. The summed E-state index contributed by atoms with van der Waals surface area (Å²) in [6.45, 7) is 4.00. The van der Waals surface area contributed by atoms with Crippen LogP contribution in [-0.2, 0) is 11.3 Å². The average molecular weight is 284 g/mol. The van der Waals surface area contributed by atoms with Gasteiger partial charge in [0.05, 0.1) is 0 Å². The number of amides is 1. The van der Waals surface area contributed by atoms with E-state index in [0.29, 0.717) is 6.54 Å². The number of carbonyl (C=O) groups excluding carboxylic acids is 1. The fourth-order valence-corrected chi connectivity index (χ4v) is 2.15. The van der Waals surface area contributed by atoms with Gasteiger partial charge in [0.25, 0.3) is 5.91 Å². The Labute approximate surface area is 125 Å². The normalized spacial score (nSPS) is 16.4. The Morgan fingerprint density at radius 1 is 1.29 bits per heavy atom. The van der Waals surface area contributed by atoms with Crippen LogP contribution in [0.3, 0.4) is 0 Å². The molecule has 0 aromatic heterocycles. The van der Waals surface area contributed by atoms with Crippen LogP contribution in [0.2, 0.25) is 0 Å². The molecule has 1 saturated heterocycles. The summed E-state index contributed by atoms with van der Waals surface area (Å²) in [5.74, 6) is -0.319. The molecule has 2 rings (SSSR count). The molecule has 1 aromatic carbocycles. The molecular formula is C16H20N4O. The fourth-order valence-electron chi connectivity index (χ4n) is 2.15. The number of carbonyl (C=O) groups is 1. The zero-order valence-corrected chi connectivity index (χ0v) is 12.2. The highest BCUT2D eigenvalue weighted by molar-refractivity contribution is 5.97. The first-order valence-electron chi connectivity index (χ1n) is 7.05. The number of hydrogen-bond donors (Lipinski definition) is 1. The molecule has 1 N–H and O–H groups in total. The third-order valence-corrected chi connectivity index (χ3v) is 3.51. The minimum absolute atomic E-state index is 0.162. The summed E-state index contributed by atoms with van der Waals surface area (Å²) in [5.41, 5.74) is 1.18. The Hall–Kier alpha value is -2.32. The number of likely N-dealkylation sites (N-methyl/N-ethyl adjacent to an activating group) is 1. The van der Waals surface area contributed by atoms with Crippen LogP contribution in [0.15, 0.2) is 42.1 Å². The van der Waals surface area contributed by atoms with Crippen molar-refractivity contribution in [3.05, 3.63) is 47.7 Å². The van der Waals surface area contributed by atoms with E-state index in [2.05, 4.69) is 17.3 Å². The molecule has 21 heavy (non-hydrogen) atoms. The molecular weight excluding hydrogens is 264 g/mol. The van der Waals surface area contributed by atoms with E-state index in [-0.39, 0.29) is 11.5 Å². The summed E-state index contributed by atoms with van der Waals surface area (Å²) in [5, 5.41) is 11.9. The Balaban J connectivity index is 1.91. The maximum Gasteiger partial charge on any atom is 0.263 e. The Morgan fingerprint density at radius 3 is 2.57 bits per heavy atom. The molecule has 0 bridgehead atoms. The second-order valence-electron chi connectivity index (χ2n) is 5.16. The summed E-state index contributed by atoms with van der Waals surface area (Å²) in [6, 6.07) is 11.6. The van der Waals surface area contributed by atoms with E-state index in [0.717, 1.165) is 31.7 Å². The first-order valence-corrected chi connectivity index (χ1v) is 7.05. The van der Waals surface area contributed by atoms with Gasteiger partial charge in [0.15, 0.2) is 0 Å². The highest BCUT2D eigenvalue weighted by Crippen LogP contribution is 2.04. The molecule has 1 aromatic rings. The van der Waals surface area contributed by atoms with Crippen LogP contribution in [-0.4, -0.2) is 48.9 Å². The molecule has 1 fully saturated rings. The van der Waals surface area contributed by atoms with E-state index in [1.807, 2.05) is 41.3 Å². The lowest BCUT2D eigenvalue weighted by Gasteiger charge is -2.31. The lowest BCUT2D eigenvalue weighted by molar-refractivity contribution is -0.117. The van der Waals surface area contributed by atoms with Gasteiger partial charge in [0.1, 0.15) is 11.6 Å². The predicted molar refractivity (Wildman–Crippen MR) is 81.1 cm³/mol. The van der Waals surface area contributed by atoms with E-state index in [4.69, 9.17) is 5.26 Å². The van der Waals surface area contributed by atoms with Gasteiger partial charge in [-0.3, -0.25) is 4.79 Å². The van der Waals surface area contributed by atoms with Crippen molar-refractivity contribution in [2.75, 3.05) is 33.2 Å². The standard InChI is InChI=1S/C16H20N4O/c1-19-7-9-20(10-8-19)13-15(11-17)16(21)18-12-14-5-3-2-4-6-14/h2-6,13H,7-10,12H2,1H3,(H,18,21). The maximum absolute atomic E-state index is 12.0. The lowest BCUT2D eigenvalue weighted by Crippen LogP contribution is -2.42. The Morgan fingerprint density at radius 2 is 1.95 bits per heavy atom. The van der Waals surface area contributed by atoms with E-state index in [1.165, 1.54) is 0 Å². The molecule has 1 aliphatic rings. The molecule has 110 valence electrons. The van der Waals surface area contributed by atoms with Gasteiger partial charge in [-0.1, -0.05) is 30.3 Å². The van der Waals surface area contributed by atoms with Gasteiger partial charge in [-0.15, -0.1) is 0 Å². The molecule has 1 heterocycles. The molecule has 5 nitrogen and oxygen atoms in total. The van der Waals surface area contributed by atoms with Crippen molar-refractivity contribution < 1.29 is 4.79 Å². The molecule has 5 heteroatoms. The van der Waals surface area contributed by atoms with Gasteiger partial charge < -0.3 is 15.1 Å². The van der Waals surface area contributed by atoms with Crippen LogP contribution in [0.5, 0.6) is 0 Å². The van der Waals surface area contributed by atoms with Crippen molar-refractivity contribution in [3.63, 3.8) is 0 Å². The van der Waals surface area contributed by atoms with Crippen LogP contribution in [0.1, 0.15) is 5.56 Å². The van der Waals surface area contributed by atoms with Crippen LogP contribution in [0, 0.1) is 11.3 Å². The Kier molecular flexibility index (Phi) is 5.35. The van der Waals surface area contributed by atoms with E-state index in [1.54, 1.807) is 6.20 Å². The monoisotopic (exact) mass is 284 g/mol. The van der Waals surface area contributed by atoms with Crippen LogP contribution < -0.4 is 5.32 Å². The molecule has 1 aliphatic heterocycles. The zero-order valence-electron chi connectivity index (χ0n) is 12.2. The van der Waals surface area contributed by atoms with Gasteiger partial charge in [-0.2, -0.15) is 5.26 Å². The zero-order chi connectivity index (χ0) is 15.1. The van der Waals surface area contributed by atoms with Crippen LogP contribution in [0.4, 0.5) is 0 Å². The second kappa shape index (κ2) is 7.46. The summed E-state index contributed by atoms with van der Waals surface area (Å²) in [6.07, 6.45) is 1.67. The molecule has 1 amide bonds. The van der Waals surface area contributed by atoms with Gasteiger partial charge in [-0.05, 0) is 12.6 Å². The average Bonchev–Trinajstić information content (AvgIpc) is 2.53. The minimum Gasteiger partial charge on any atom is -0.374 e. The van der Waals surface area contributed by atoms with Crippen LogP contribution in [0.25, 0.3) is 0 Å². The van der Waals surface area contributed by atoms with E-state index >= 15 is 0 Å². The van der Waals surface area contributed by atoms with Crippen molar-refractivity contribution >= 4 is 5.91 Å². The summed E-state index contributed by atoms with van der Waals surface area (Å²) < 4.78 is 0. The molecule has 0 saturated carbocycles. The number of piperazine rings is 1. The molecule has 0 atom stereocenters. The van der Waals surface area contributed by atoms with Gasteiger partial charge in [0, 0.05) is 38.9 Å². The largest absolute Gasteiger partial charge is 0.374 e. The molecule has 0 unspecified atom stereocenters. The highest BCUT2D eigenvalue weighted by atomic mass is 16.1. The number of benzene rings is 1. The molecule has 0 spiro atoms. The van der Waals surface area contributed by atoms with Crippen molar-refractivity contribution in [1.82, 2.24) is 15.1 Å². The predicted octanol–water partition coefficient (Wildman–Crippen LogP) is 0.958. The number of nitrogens with zero attached hydrogens (tertiary/aromatic N) is 3. The van der Waals surface area contributed by atoms with Crippen molar-refractivity contribution in [2.45, 2.75) is 6.54 Å². The third-order valence-electron chi connectivity index (χ3n) is 3.51. The summed E-state index contributed by atoms with van der Waals surface area (Å²) >= 11 is 0. The second-order valence-corrected chi connectivity index (χ2v) is 5.16.